The Hall–Kier alpha value is -2.38. The largest absolute Gasteiger partial charge is 0.483 e. The molecule has 1 aliphatic rings. The molecule has 1 aromatic heterocycles. The second kappa shape index (κ2) is 11.3. The van der Waals surface area contributed by atoms with Crippen molar-refractivity contribution >= 4 is 23.5 Å². The molecule has 1 fully saturated rings. The van der Waals surface area contributed by atoms with Gasteiger partial charge in [0.05, 0.1) is 0 Å². The van der Waals surface area contributed by atoms with E-state index < -0.39 is 0 Å². The quantitative estimate of drug-likeness (QED) is 0.597. The van der Waals surface area contributed by atoms with E-state index in [2.05, 4.69) is 38.9 Å². The van der Waals surface area contributed by atoms with E-state index in [0.717, 1.165) is 67.0 Å². The predicted molar refractivity (Wildman–Crippen MR) is 124 cm³/mol. The van der Waals surface area contributed by atoms with Gasteiger partial charge < -0.3 is 15.0 Å². The minimum absolute atomic E-state index is 0.0105. The van der Waals surface area contributed by atoms with Gasteiger partial charge in [-0.15, -0.1) is 0 Å². The molecule has 1 amide bonds. The minimum atomic E-state index is -0.103. The van der Waals surface area contributed by atoms with E-state index in [0.29, 0.717) is 6.54 Å². The lowest BCUT2D eigenvalue weighted by Gasteiger charge is -2.34. The van der Waals surface area contributed by atoms with Gasteiger partial charge >= 0.3 is 0 Å². The zero-order chi connectivity index (χ0) is 22.2. The Morgan fingerprint density at radius 1 is 1.19 bits per heavy atom. The van der Waals surface area contributed by atoms with E-state index in [9.17, 15) is 4.79 Å². The number of anilines is 1. The lowest BCUT2D eigenvalue weighted by Crippen LogP contribution is -2.47. The van der Waals surface area contributed by atoms with Crippen LogP contribution in [0.5, 0.6) is 5.75 Å². The fraction of sp³-hybridized carbons (Fsp3) is 0.522. The van der Waals surface area contributed by atoms with Crippen molar-refractivity contribution in [3.63, 3.8) is 0 Å². The molecule has 1 aliphatic heterocycles. The van der Waals surface area contributed by atoms with Crippen LogP contribution in [-0.2, 0) is 4.79 Å². The minimum Gasteiger partial charge on any atom is -0.483 e. The number of hydrogen-bond acceptors (Lipinski definition) is 6. The zero-order valence-corrected chi connectivity index (χ0v) is 19.4. The van der Waals surface area contributed by atoms with Gasteiger partial charge in [0.15, 0.2) is 6.61 Å². The summed E-state index contributed by atoms with van der Waals surface area (Å²) in [5.41, 5.74) is 1.96. The van der Waals surface area contributed by atoms with Gasteiger partial charge in [0.1, 0.15) is 5.75 Å². The summed E-state index contributed by atoms with van der Waals surface area (Å²) in [5, 5.41) is 3.67. The fourth-order valence-corrected chi connectivity index (χ4v) is 3.77. The summed E-state index contributed by atoms with van der Waals surface area (Å²) in [4.78, 5) is 25.5. The van der Waals surface area contributed by atoms with Crippen molar-refractivity contribution in [2.24, 2.45) is 0 Å². The Kier molecular flexibility index (Phi) is 8.49. The van der Waals surface area contributed by atoms with Gasteiger partial charge in [0.25, 0.3) is 5.91 Å². The number of nitrogens with zero attached hydrogens (tertiary/aromatic N) is 4. The van der Waals surface area contributed by atoms with Crippen molar-refractivity contribution in [1.29, 1.82) is 0 Å². The molecule has 0 aliphatic carbocycles. The van der Waals surface area contributed by atoms with Gasteiger partial charge in [-0.1, -0.05) is 25.4 Å². The van der Waals surface area contributed by atoms with Gasteiger partial charge in [-0.2, -0.15) is 0 Å². The van der Waals surface area contributed by atoms with Crippen LogP contribution < -0.4 is 15.0 Å². The van der Waals surface area contributed by atoms with E-state index in [-0.39, 0.29) is 18.4 Å². The molecule has 0 unspecified atom stereocenters. The average molecular weight is 446 g/mol. The summed E-state index contributed by atoms with van der Waals surface area (Å²) in [6.45, 7) is 11.5. The third kappa shape index (κ3) is 6.80. The summed E-state index contributed by atoms with van der Waals surface area (Å²) in [5.74, 6) is 1.69. The number of aromatic nitrogens is 2. The predicted octanol–water partition coefficient (Wildman–Crippen LogP) is 3.27. The second-order valence-electron chi connectivity index (χ2n) is 8.16. The summed E-state index contributed by atoms with van der Waals surface area (Å²) in [6.07, 6.45) is 4.46. The number of carbonyl (C=O) groups excluding carboxylic acids is 1. The first-order chi connectivity index (χ1) is 14.9. The molecule has 1 aromatic carbocycles. The summed E-state index contributed by atoms with van der Waals surface area (Å²) < 4.78 is 5.80. The number of aryl methyl sites for hydroxylation is 1. The molecule has 0 bridgehead atoms. The van der Waals surface area contributed by atoms with Crippen LogP contribution in [0.15, 0.2) is 30.6 Å². The molecule has 168 valence electrons. The molecular weight excluding hydrogens is 414 g/mol. The molecule has 1 N–H and O–H groups in total. The van der Waals surface area contributed by atoms with Crippen LogP contribution in [0.1, 0.15) is 37.3 Å². The van der Waals surface area contributed by atoms with Crippen molar-refractivity contribution in [2.45, 2.75) is 33.1 Å². The monoisotopic (exact) mass is 445 g/mol. The molecule has 0 atom stereocenters. The number of carbonyl (C=O) groups is 1. The molecule has 0 saturated carbocycles. The fourth-order valence-electron chi connectivity index (χ4n) is 3.60. The normalized spacial score (nSPS) is 14.7. The SMILES string of the molecule is Cc1cc(OCC(=O)NCCCN2CCN(c3ncccn3)CC2)c(C(C)C)cc1Cl. The van der Waals surface area contributed by atoms with Crippen molar-refractivity contribution in [3.8, 4) is 5.75 Å². The number of amides is 1. The highest BCUT2D eigenvalue weighted by Gasteiger charge is 2.18. The van der Waals surface area contributed by atoms with Crippen molar-refractivity contribution in [2.75, 3.05) is 50.8 Å². The van der Waals surface area contributed by atoms with Crippen LogP contribution in [0.25, 0.3) is 0 Å². The summed E-state index contributed by atoms with van der Waals surface area (Å²) in [7, 11) is 0. The van der Waals surface area contributed by atoms with Crippen LogP contribution in [-0.4, -0.2) is 66.7 Å². The summed E-state index contributed by atoms with van der Waals surface area (Å²) >= 11 is 6.23. The Morgan fingerprint density at radius 3 is 2.58 bits per heavy atom. The molecule has 3 rings (SSSR count). The number of benzene rings is 1. The van der Waals surface area contributed by atoms with Crippen LogP contribution >= 0.6 is 11.6 Å². The highest BCUT2D eigenvalue weighted by molar-refractivity contribution is 6.31. The maximum atomic E-state index is 12.2. The Labute approximate surface area is 189 Å². The molecule has 8 heteroatoms. The smallest absolute Gasteiger partial charge is 0.257 e. The number of nitrogens with one attached hydrogen (secondary N) is 1. The van der Waals surface area contributed by atoms with Crippen LogP contribution in [0.4, 0.5) is 5.95 Å². The molecular formula is C23H32ClN5O2. The highest BCUT2D eigenvalue weighted by atomic mass is 35.5. The van der Waals surface area contributed by atoms with Gasteiger partial charge in [-0.05, 0) is 55.1 Å². The van der Waals surface area contributed by atoms with Gasteiger partial charge in [-0.25, -0.2) is 9.97 Å². The van der Waals surface area contributed by atoms with Crippen LogP contribution in [0, 0.1) is 6.92 Å². The molecule has 31 heavy (non-hydrogen) atoms. The van der Waals surface area contributed by atoms with Crippen molar-refractivity contribution in [3.05, 3.63) is 46.7 Å². The van der Waals surface area contributed by atoms with Gasteiger partial charge in [-0.3, -0.25) is 9.69 Å². The number of piperazine rings is 1. The van der Waals surface area contributed by atoms with Crippen LogP contribution in [0.3, 0.4) is 0 Å². The maximum absolute atomic E-state index is 12.2. The third-order valence-electron chi connectivity index (χ3n) is 5.45. The summed E-state index contributed by atoms with van der Waals surface area (Å²) in [6, 6.07) is 5.67. The first-order valence-corrected chi connectivity index (χ1v) is 11.3. The lowest BCUT2D eigenvalue weighted by atomic mass is 10.0. The molecule has 2 aromatic rings. The van der Waals surface area contributed by atoms with Crippen LogP contribution in [0.2, 0.25) is 5.02 Å². The van der Waals surface area contributed by atoms with Gasteiger partial charge in [0.2, 0.25) is 5.95 Å². The molecule has 0 spiro atoms. The lowest BCUT2D eigenvalue weighted by molar-refractivity contribution is -0.123. The van der Waals surface area contributed by atoms with E-state index in [4.69, 9.17) is 16.3 Å². The highest BCUT2D eigenvalue weighted by Crippen LogP contribution is 2.31. The number of halogens is 1. The maximum Gasteiger partial charge on any atom is 0.257 e. The third-order valence-corrected chi connectivity index (χ3v) is 5.86. The standard InChI is InChI=1S/C23H32ClN5O2/c1-17(2)19-15-20(24)18(3)14-21(19)31-16-22(30)25-8-5-9-28-10-12-29(13-11-28)23-26-6-4-7-27-23/h4,6-7,14-15,17H,5,8-13,16H2,1-3H3,(H,25,30). The van der Waals surface area contributed by atoms with Crippen molar-refractivity contribution in [1.82, 2.24) is 20.2 Å². The first-order valence-electron chi connectivity index (χ1n) is 10.9. The molecule has 2 heterocycles. The Bertz CT molecular complexity index is 855. The molecule has 1 saturated heterocycles. The second-order valence-corrected chi connectivity index (χ2v) is 8.57. The van der Waals surface area contributed by atoms with E-state index in [1.807, 2.05) is 25.1 Å². The number of rotatable bonds is 9. The molecule has 7 nitrogen and oxygen atoms in total. The van der Waals surface area contributed by atoms with E-state index in [1.165, 1.54) is 0 Å². The Balaban J connectivity index is 1.34. The number of hydrogen-bond donors (Lipinski definition) is 1. The Morgan fingerprint density at radius 2 is 1.90 bits per heavy atom. The van der Waals surface area contributed by atoms with E-state index in [1.54, 1.807) is 12.4 Å². The van der Waals surface area contributed by atoms with Crippen molar-refractivity contribution < 1.29 is 9.53 Å². The van der Waals surface area contributed by atoms with Gasteiger partial charge in [0, 0.05) is 50.1 Å². The topological polar surface area (TPSA) is 70.6 Å². The zero-order valence-electron chi connectivity index (χ0n) is 18.6. The average Bonchev–Trinajstić information content (AvgIpc) is 2.78. The van der Waals surface area contributed by atoms with E-state index >= 15 is 0 Å². The first kappa shape index (κ1) is 23.3. The molecule has 0 radical (unpaired) electrons. The number of ether oxygens (including phenoxy) is 1.